The number of likely N-dealkylation sites (tertiary alicyclic amines) is 1. The largest absolute Gasteiger partial charge is 0.379 e. The Morgan fingerprint density at radius 2 is 1.71 bits per heavy atom. The van der Waals surface area contributed by atoms with E-state index < -0.39 is 26.6 Å². The van der Waals surface area contributed by atoms with Crippen LogP contribution in [0.5, 0.6) is 5.75 Å². The van der Waals surface area contributed by atoms with Crippen LogP contribution in [0.2, 0.25) is 0 Å². The van der Waals surface area contributed by atoms with Crippen LogP contribution in [-0.4, -0.2) is 46.0 Å². The number of hydrogen-bond donors (Lipinski definition) is 0. The summed E-state index contributed by atoms with van der Waals surface area (Å²) in [7, 11) is -2.49. The molecule has 0 aromatic heterocycles. The minimum Gasteiger partial charge on any atom is -0.379 e. The van der Waals surface area contributed by atoms with Crippen molar-refractivity contribution in [1.29, 1.82) is 0 Å². The van der Waals surface area contributed by atoms with Gasteiger partial charge in [-0.1, -0.05) is 6.07 Å². The van der Waals surface area contributed by atoms with Gasteiger partial charge in [0.1, 0.15) is 17.4 Å². The van der Waals surface area contributed by atoms with E-state index >= 15 is 0 Å². The second-order valence-corrected chi connectivity index (χ2v) is 10.4. The molecule has 5 nitrogen and oxygen atoms in total. The van der Waals surface area contributed by atoms with E-state index in [9.17, 15) is 17.2 Å². The number of hydrogen-bond acceptors (Lipinski definition) is 5. The van der Waals surface area contributed by atoms with Gasteiger partial charge < -0.3 is 14.0 Å². The maximum atomic E-state index is 14.1. The van der Waals surface area contributed by atoms with Crippen LogP contribution >= 0.6 is 0 Å². The molecule has 2 unspecified atom stereocenters. The van der Waals surface area contributed by atoms with Gasteiger partial charge in [-0.05, 0) is 87.6 Å². The summed E-state index contributed by atoms with van der Waals surface area (Å²) in [5, 5.41) is 0. The number of anilines is 1. The fraction of sp³-hybridized carbons (Fsp3) is 0.478. The Kier molecular flexibility index (Phi) is 5.17. The maximum Gasteiger partial charge on any atom is 0.345 e. The molecule has 2 aromatic rings. The molecule has 3 aliphatic rings. The van der Waals surface area contributed by atoms with E-state index in [1.54, 1.807) is 12.1 Å². The number of benzene rings is 2. The zero-order valence-electron chi connectivity index (χ0n) is 17.4. The number of rotatable bonds is 4. The fourth-order valence-electron chi connectivity index (χ4n) is 5.63. The first kappa shape index (κ1) is 20.7. The van der Waals surface area contributed by atoms with E-state index in [0.29, 0.717) is 17.9 Å². The zero-order chi connectivity index (χ0) is 21.8. The van der Waals surface area contributed by atoms with Crippen molar-refractivity contribution in [3.63, 3.8) is 0 Å². The zero-order valence-corrected chi connectivity index (χ0v) is 18.2. The van der Waals surface area contributed by atoms with Crippen molar-refractivity contribution < 1.29 is 21.4 Å². The van der Waals surface area contributed by atoms with Crippen LogP contribution in [0.4, 0.5) is 14.5 Å². The van der Waals surface area contributed by atoms with Gasteiger partial charge in [-0.3, -0.25) is 0 Å². The number of fused-ring (bicyclic) bond motifs is 3. The SMILES string of the molecule is CN1CCC(C2c3cc(OS(=O)(=O)c4c(F)cccc4F)ccc3N3CCCC23)CC1. The van der Waals surface area contributed by atoms with Crippen molar-refractivity contribution in [3.8, 4) is 5.75 Å². The van der Waals surface area contributed by atoms with Gasteiger partial charge in [-0.2, -0.15) is 8.42 Å². The molecule has 3 aliphatic heterocycles. The highest BCUT2D eigenvalue weighted by atomic mass is 32.2. The molecule has 0 saturated carbocycles. The first-order chi connectivity index (χ1) is 14.8. The van der Waals surface area contributed by atoms with Crippen molar-refractivity contribution in [2.24, 2.45) is 5.92 Å². The average molecular weight is 449 g/mol. The Labute approximate surface area is 181 Å². The van der Waals surface area contributed by atoms with Crippen molar-refractivity contribution in [3.05, 3.63) is 53.6 Å². The first-order valence-electron chi connectivity index (χ1n) is 10.8. The van der Waals surface area contributed by atoms with Crippen molar-refractivity contribution in [2.75, 3.05) is 31.6 Å². The van der Waals surface area contributed by atoms with Crippen LogP contribution in [-0.2, 0) is 10.1 Å². The quantitative estimate of drug-likeness (QED) is 0.658. The van der Waals surface area contributed by atoms with Gasteiger partial charge in [0.25, 0.3) is 0 Å². The molecular weight excluding hydrogens is 422 g/mol. The standard InChI is InChI=1S/C23H26F2N2O3S/c1-26-12-9-15(10-13-26)22-17-14-16(7-8-20(17)27-11-3-6-21(22)27)30-31(28,29)23-18(24)4-2-5-19(23)25/h2,4-5,7-8,14-15,21-22H,3,6,9-13H2,1H3. The lowest BCUT2D eigenvalue weighted by Gasteiger charge is -2.35. The van der Waals surface area contributed by atoms with E-state index in [-0.39, 0.29) is 5.75 Å². The summed E-state index contributed by atoms with van der Waals surface area (Å²) >= 11 is 0. The predicted octanol–water partition coefficient (Wildman–Crippen LogP) is 4.14. The third-order valence-electron chi connectivity index (χ3n) is 7.03. The average Bonchev–Trinajstić information content (AvgIpc) is 3.29. The van der Waals surface area contributed by atoms with Crippen molar-refractivity contribution >= 4 is 15.8 Å². The van der Waals surface area contributed by atoms with Crippen LogP contribution in [0, 0.1) is 17.6 Å². The molecule has 0 bridgehead atoms. The van der Waals surface area contributed by atoms with Crippen molar-refractivity contribution in [2.45, 2.75) is 42.5 Å². The highest BCUT2D eigenvalue weighted by Gasteiger charge is 2.45. The molecule has 8 heteroatoms. The summed E-state index contributed by atoms with van der Waals surface area (Å²) in [6.07, 6.45) is 4.50. The Hall–Kier alpha value is -2.19. The predicted molar refractivity (Wildman–Crippen MR) is 114 cm³/mol. The molecule has 2 fully saturated rings. The third-order valence-corrected chi connectivity index (χ3v) is 8.33. The topological polar surface area (TPSA) is 49.9 Å². The molecule has 3 heterocycles. The highest BCUT2D eigenvalue weighted by Crippen LogP contribution is 2.52. The third kappa shape index (κ3) is 3.59. The monoisotopic (exact) mass is 448 g/mol. The van der Waals surface area contributed by atoms with Gasteiger partial charge in [-0.15, -0.1) is 0 Å². The summed E-state index contributed by atoms with van der Waals surface area (Å²) in [4.78, 5) is 3.73. The fourth-order valence-corrected chi connectivity index (χ4v) is 6.68. The second kappa shape index (κ2) is 7.74. The minimum absolute atomic E-state index is 0.0977. The number of halogens is 2. The first-order valence-corrected chi connectivity index (χ1v) is 12.2. The summed E-state index contributed by atoms with van der Waals surface area (Å²) in [5.74, 6) is -1.38. The van der Waals surface area contributed by atoms with Crippen LogP contribution in [0.1, 0.15) is 37.2 Å². The van der Waals surface area contributed by atoms with E-state index in [0.717, 1.165) is 74.8 Å². The molecule has 0 N–H and O–H groups in total. The normalized spacial score (nSPS) is 24.3. The minimum atomic E-state index is -4.63. The summed E-state index contributed by atoms with van der Waals surface area (Å²) in [6, 6.07) is 8.62. The van der Waals surface area contributed by atoms with Crippen LogP contribution in [0.3, 0.4) is 0 Å². The molecule has 0 radical (unpaired) electrons. The number of nitrogens with zero attached hydrogens (tertiary/aromatic N) is 2. The van der Waals surface area contributed by atoms with Crippen molar-refractivity contribution in [1.82, 2.24) is 4.90 Å². The summed E-state index contributed by atoms with van der Waals surface area (Å²) in [6.45, 7) is 3.11. The lowest BCUT2D eigenvalue weighted by molar-refractivity contribution is 0.191. The Balaban J connectivity index is 1.48. The van der Waals surface area contributed by atoms with Crippen LogP contribution in [0.25, 0.3) is 0 Å². The summed E-state index contributed by atoms with van der Waals surface area (Å²) < 4.78 is 58.6. The molecule has 2 aromatic carbocycles. The van der Waals surface area contributed by atoms with Gasteiger partial charge in [0.15, 0.2) is 4.90 Å². The van der Waals surface area contributed by atoms with Gasteiger partial charge in [-0.25, -0.2) is 8.78 Å². The lowest BCUT2D eigenvalue weighted by Crippen LogP contribution is -2.37. The molecule has 5 rings (SSSR count). The summed E-state index contributed by atoms with van der Waals surface area (Å²) in [5.41, 5.74) is 2.23. The van der Waals surface area contributed by atoms with Gasteiger partial charge in [0.05, 0.1) is 0 Å². The van der Waals surface area contributed by atoms with Crippen LogP contribution < -0.4 is 9.08 Å². The highest BCUT2D eigenvalue weighted by molar-refractivity contribution is 7.87. The van der Waals surface area contributed by atoms with Gasteiger partial charge >= 0.3 is 10.1 Å². The molecular formula is C23H26F2N2O3S. The molecule has 2 atom stereocenters. The number of piperidine rings is 1. The molecule has 31 heavy (non-hydrogen) atoms. The van der Waals surface area contributed by atoms with Gasteiger partial charge in [0, 0.05) is 24.2 Å². The molecule has 0 amide bonds. The molecule has 0 spiro atoms. The van der Waals surface area contributed by atoms with E-state index in [2.05, 4.69) is 16.8 Å². The Morgan fingerprint density at radius 1 is 1.00 bits per heavy atom. The second-order valence-electron chi connectivity index (χ2n) is 8.88. The maximum absolute atomic E-state index is 14.1. The van der Waals surface area contributed by atoms with Crippen LogP contribution in [0.15, 0.2) is 41.3 Å². The van der Waals surface area contributed by atoms with E-state index in [4.69, 9.17) is 4.18 Å². The molecule has 2 saturated heterocycles. The van der Waals surface area contributed by atoms with E-state index in [1.165, 1.54) is 0 Å². The van der Waals surface area contributed by atoms with E-state index in [1.807, 2.05) is 6.07 Å². The Bertz CT molecular complexity index is 1080. The smallest absolute Gasteiger partial charge is 0.345 e. The van der Waals surface area contributed by atoms with Gasteiger partial charge in [0.2, 0.25) is 0 Å². The molecule has 0 aliphatic carbocycles. The Morgan fingerprint density at radius 3 is 2.42 bits per heavy atom. The lowest BCUT2D eigenvalue weighted by atomic mass is 9.77. The molecule has 166 valence electrons.